The Hall–Kier alpha value is 0.704. The summed E-state index contributed by atoms with van der Waals surface area (Å²) in [6.45, 7) is 14.9. The average molecular weight is 309 g/mol. The molecule has 18 heavy (non-hydrogen) atoms. The summed E-state index contributed by atoms with van der Waals surface area (Å²) in [7, 11) is -3.15. The third-order valence-electron chi connectivity index (χ3n) is 4.51. The fourth-order valence-electron chi connectivity index (χ4n) is 3.09. The smallest absolute Gasteiger partial charge is 0.334 e. The normalized spacial score (nSPS) is 16.0. The molecule has 0 aromatic carbocycles. The van der Waals surface area contributed by atoms with Gasteiger partial charge in [-0.15, -0.1) is 0 Å². The number of hydrogen-bond donors (Lipinski definition) is 1. The van der Waals surface area contributed by atoms with Crippen LogP contribution in [0.2, 0.25) is 18.1 Å². The van der Waals surface area contributed by atoms with Crippen LogP contribution in [0.4, 0.5) is 0 Å². The van der Waals surface area contributed by atoms with E-state index >= 15 is 0 Å². The molecule has 0 aliphatic rings. The second-order valence-electron chi connectivity index (χ2n) is 4.86. The SMILES string of the molecule is CCO[SiH](OCC)[C@](S)(CC)[Si](CC)(CC)CC. The molecular weight excluding hydrogens is 276 g/mol. The standard InChI is InChI=1S/C13H32O2SSi2/c1-7-13(16,17(14-8-2)15-9-3)18(10-4,11-5)12-6/h16-17H,7-12H2,1-6H3/t13-/m1/s1. The third-order valence-corrected chi connectivity index (χ3v) is 18.1. The summed E-state index contributed by atoms with van der Waals surface area (Å²) in [6.07, 6.45) is 1.08. The molecule has 0 fully saturated rings. The minimum atomic E-state index is -1.72. The summed E-state index contributed by atoms with van der Waals surface area (Å²) in [4.78, 5) is 0. The zero-order valence-electron chi connectivity index (χ0n) is 13.1. The van der Waals surface area contributed by atoms with E-state index < -0.39 is 17.4 Å². The number of thiol groups is 1. The Morgan fingerprint density at radius 3 is 1.50 bits per heavy atom. The van der Waals surface area contributed by atoms with E-state index in [9.17, 15) is 0 Å². The van der Waals surface area contributed by atoms with E-state index in [2.05, 4.69) is 41.5 Å². The lowest BCUT2D eigenvalue weighted by atomic mass is 10.5. The lowest BCUT2D eigenvalue weighted by Crippen LogP contribution is -2.64. The van der Waals surface area contributed by atoms with Crippen molar-refractivity contribution in [3.8, 4) is 0 Å². The van der Waals surface area contributed by atoms with E-state index in [1.165, 1.54) is 18.1 Å². The molecule has 0 saturated heterocycles. The predicted octanol–water partition coefficient (Wildman–Crippen LogP) is 3.95. The van der Waals surface area contributed by atoms with Gasteiger partial charge >= 0.3 is 9.28 Å². The fourth-order valence-corrected chi connectivity index (χ4v) is 15.0. The molecular formula is C13H32O2SSi2. The molecule has 110 valence electrons. The van der Waals surface area contributed by atoms with Gasteiger partial charge in [-0.2, -0.15) is 12.6 Å². The largest absolute Gasteiger partial charge is 0.396 e. The highest BCUT2D eigenvalue weighted by atomic mass is 32.1. The van der Waals surface area contributed by atoms with Crippen LogP contribution in [-0.2, 0) is 8.85 Å². The first-order valence-corrected chi connectivity index (χ1v) is 12.1. The molecule has 2 nitrogen and oxygen atoms in total. The van der Waals surface area contributed by atoms with Crippen molar-refractivity contribution in [1.82, 2.24) is 0 Å². The van der Waals surface area contributed by atoms with Crippen molar-refractivity contribution in [1.29, 1.82) is 0 Å². The van der Waals surface area contributed by atoms with Crippen molar-refractivity contribution in [2.24, 2.45) is 0 Å². The van der Waals surface area contributed by atoms with Gasteiger partial charge in [0.2, 0.25) is 0 Å². The molecule has 0 aliphatic carbocycles. The van der Waals surface area contributed by atoms with Crippen molar-refractivity contribution >= 4 is 30.0 Å². The van der Waals surface area contributed by atoms with Crippen molar-refractivity contribution in [3.63, 3.8) is 0 Å². The lowest BCUT2D eigenvalue weighted by molar-refractivity contribution is 0.207. The van der Waals surface area contributed by atoms with Crippen LogP contribution in [0, 0.1) is 0 Å². The second kappa shape index (κ2) is 8.79. The van der Waals surface area contributed by atoms with Crippen LogP contribution in [-0.4, -0.2) is 34.6 Å². The van der Waals surface area contributed by atoms with Crippen LogP contribution in [0.15, 0.2) is 0 Å². The van der Waals surface area contributed by atoms with Gasteiger partial charge in [0.15, 0.2) is 0 Å². The fraction of sp³-hybridized carbons (Fsp3) is 1.00. The van der Waals surface area contributed by atoms with Gasteiger partial charge in [0.1, 0.15) is 0 Å². The van der Waals surface area contributed by atoms with Crippen LogP contribution in [0.1, 0.15) is 48.0 Å². The maximum atomic E-state index is 6.02. The first kappa shape index (κ1) is 18.7. The van der Waals surface area contributed by atoms with E-state index in [0.29, 0.717) is 0 Å². The molecule has 0 unspecified atom stereocenters. The van der Waals surface area contributed by atoms with Crippen LogP contribution >= 0.6 is 12.6 Å². The molecule has 1 atom stereocenters. The van der Waals surface area contributed by atoms with Crippen LogP contribution in [0.5, 0.6) is 0 Å². The summed E-state index contributed by atoms with van der Waals surface area (Å²) >= 11 is 5.18. The van der Waals surface area contributed by atoms with Gasteiger partial charge < -0.3 is 8.85 Å². The molecule has 0 aromatic rings. The molecule has 0 bridgehead atoms. The second-order valence-corrected chi connectivity index (χ2v) is 15.0. The van der Waals surface area contributed by atoms with Gasteiger partial charge in [-0.1, -0.05) is 45.8 Å². The predicted molar refractivity (Wildman–Crippen MR) is 89.6 cm³/mol. The third kappa shape index (κ3) is 3.63. The molecule has 0 aliphatic heterocycles. The first-order valence-electron chi connectivity index (χ1n) is 7.47. The van der Waals surface area contributed by atoms with E-state index in [4.69, 9.17) is 21.5 Å². The average Bonchev–Trinajstić information content (AvgIpc) is 2.40. The quantitative estimate of drug-likeness (QED) is 0.487. The minimum absolute atomic E-state index is 0.0528. The molecule has 0 spiro atoms. The molecule has 5 heteroatoms. The maximum absolute atomic E-state index is 6.02. The molecule has 0 N–H and O–H groups in total. The summed E-state index contributed by atoms with van der Waals surface area (Å²) in [5, 5.41) is 0. The Balaban J connectivity index is 5.37. The first-order chi connectivity index (χ1) is 8.51. The van der Waals surface area contributed by atoms with Gasteiger partial charge in [0.25, 0.3) is 0 Å². The topological polar surface area (TPSA) is 18.5 Å². The van der Waals surface area contributed by atoms with Gasteiger partial charge in [-0.05, 0) is 20.3 Å². The number of hydrogen-bond acceptors (Lipinski definition) is 3. The van der Waals surface area contributed by atoms with E-state index in [0.717, 1.165) is 19.6 Å². The molecule has 0 rings (SSSR count). The minimum Gasteiger partial charge on any atom is -0.396 e. The Bertz CT molecular complexity index is 211. The van der Waals surface area contributed by atoms with Gasteiger partial charge in [0.05, 0.1) is 8.07 Å². The van der Waals surface area contributed by atoms with Gasteiger partial charge in [-0.3, -0.25) is 0 Å². The van der Waals surface area contributed by atoms with E-state index in [1.54, 1.807) is 0 Å². The van der Waals surface area contributed by atoms with Crippen molar-refractivity contribution in [3.05, 3.63) is 0 Å². The van der Waals surface area contributed by atoms with E-state index in [1.807, 2.05) is 0 Å². The maximum Gasteiger partial charge on any atom is 0.334 e. The van der Waals surface area contributed by atoms with Crippen molar-refractivity contribution in [2.75, 3.05) is 13.2 Å². The molecule has 0 saturated carbocycles. The molecule has 0 radical (unpaired) electrons. The monoisotopic (exact) mass is 308 g/mol. The highest BCUT2D eigenvalue weighted by molar-refractivity contribution is 7.86. The molecule has 0 amide bonds. The zero-order chi connectivity index (χ0) is 14.2. The number of rotatable bonds is 10. The highest BCUT2D eigenvalue weighted by Gasteiger charge is 2.53. The summed E-state index contributed by atoms with van der Waals surface area (Å²) in [5.41, 5.74) is 0. The summed E-state index contributed by atoms with van der Waals surface area (Å²) in [5.74, 6) is 0. The summed E-state index contributed by atoms with van der Waals surface area (Å²) in [6, 6.07) is 3.84. The lowest BCUT2D eigenvalue weighted by Gasteiger charge is -2.47. The molecule has 0 aromatic heterocycles. The van der Waals surface area contributed by atoms with Crippen molar-refractivity contribution < 1.29 is 8.85 Å². The van der Waals surface area contributed by atoms with Crippen LogP contribution in [0.3, 0.4) is 0 Å². The van der Waals surface area contributed by atoms with Crippen LogP contribution < -0.4 is 0 Å². The van der Waals surface area contributed by atoms with Gasteiger partial charge in [-0.25, -0.2) is 0 Å². The molecule has 0 heterocycles. The Morgan fingerprint density at radius 2 is 1.28 bits per heavy atom. The highest BCUT2D eigenvalue weighted by Crippen LogP contribution is 2.41. The Kier molecular flexibility index (Phi) is 9.14. The van der Waals surface area contributed by atoms with Crippen LogP contribution in [0.25, 0.3) is 0 Å². The van der Waals surface area contributed by atoms with Crippen molar-refractivity contribution in [2.45, 2.75) is 70.1 Å². The Morgan fingerprint density at radius 1 is 0.889 bits per heavy atom. The Labute approximate surface area is 122 Å². The van der Waals surface area contributed by atoms with Gasteiger partial charge in [0, 0.05) is 17.2 Å². The summed E-state index contributed by atoms with van der Waals surface area (Å²) < 4.78 is 12.1. The van der Waals surface area contributed by atoms with E-state index in [-0.39, 0.29) is 3.99 Å². The zero-order valence-corrected chi connectivity index (χ0v) is 16.1.